The fourth-order valence-corrected chi connectivity index (χ4v) is 3.00. The molecule has 2 aromatic heterocycles. The Kier molecular flexibility index (Phi) is 3.12. The minimum atomic E-state index is 0.589. The Balaban J connectivity index is 2.07. The molecule has 100 valence electrons. The quantitative estimate of drug-likeness (QED) is 0.707. The van der Waals surface area contributed by atoms with Crippen molar-refractivity contribution in [2.75, 3.05) is 11.5 Å². The summed E-state index contributed by atoms with van der Waals surface area (Å²) in [5.74, 6) is 0. The molecule has 3 aromatic rings. The van der Waals surface area contributed by atoms with Crippen LogP contribution >= 0.6 is 11.3 Å². The van der Waals surface area contributed by atoms with Crippen LogP contribution in [0.15, 0.2) is 42.9 Å². The molecular formula is C15H14N4S. The van der Waals surface area contributed by atoms with Gasteiger partial charge in [0.05, 0.1) is 16.3 Å². The molecule has 0 bridgehead atoms. The number of hydrogen-bond acceptors (Lipinski definition) is 5. The summed E-state index contributed by atoms with van der Waals surface area (Å²) in [6, 6.07) is 7.81. The number of nitrogen functional groups attached to an aromatic ring is 2. The van der Waals surface area contributed by atoms with Crippen molar-refractivity contribution in [2.24, 2.45) is 0 Å². The van der Waals surface area contributed by atoms with Gasteiger partial charge in [-0.05, 0) is 42.3 Å². The van der Waals surface area contributed by atoms with Crippen LogP contribution in [0, 0.1) is 6.92 Å². The molecule has 4 N–H and O–H groups in total. The maximum absolute atomic E-state index is 6.06. The van der Waals surface area contributed by atoms with Gasteiger partial charge >= 0.3 is 0 Å². The van der Waals surface area contributed by atoms with E-state index >= 15 is 0 Å². The van der Waals surface area contributed by atoms with Gasteiger partial charge in [-0.2, -0.15) is 0 Å². The van der Waals surface area contributed by atoms with Gasteiger partial charge in [0.1, 0.15) is 5.01 Å². The van der Waals surface area contributed by atoms with E-state index in [4.69, 9.17) is 11.5 Å². The van der Waals surface area contributed by atoms with Crippen molar-refractivity contribution in [3.63, 3.8) is 0 Å². The molecule has 4 nitrogen and oxygen atoms in total. The monoisotopic (exact) mass is 282 g/mol. The zero-order chi connectivity index (χ0) is 14.1. The van der Waals surface area contributed by atoms with E-state index in [1.165, 1.54) is 0 Å². The summed E-state index contributed by atoms with van der Waals surface area (Å²) in [6.07, 6.45) is 5.40. The topological polar surface area (TPSA) is 77.8 Å². The van der Waals surface area contributed by atoms with E-state index in [2.05, 4.69) is 9.97 Å². The van der Waals surface area contributed by atoms with Gasteiger partial charge in [-0.15, -0.1) is 11.3 Å². The average Bonchev–Trinajstić information content (AvgIpc) is 2.93. The summed E-state index contributed by atoms with van der Waals surface area (Å²) in [5, 5.41) is 0.879. The largest absolute Gasteiger partial charge is 0.397 e. The van der Waals surface area contributed by atoms with E-state index in [1.807, 2.05) is 37.4 Å². The van der Waals surface area contributed by atoms with Crippen molar-refractivity contribution in [1.29, 1.82) is 0 Å². The molecular weight excluding hydrogens is 268 g/mol. The predicted molar refractivity (Wildman–Crippen MR) is 84.3 cm³/mol. The van der Waals surface area contributed by atoms with E-state index in [0.29, 0.717) is 11.4 Å². The van der Waals surface area contributed by atoms with Gasteiger partial charge in [-0.1, -0.05) is 0 Å². The van der Waals surface area contributed by atoms with E-state index in [1.54, 1.807) is 23.7 Å². The predicted octanol–water partition coefficient (Wildman–Crippen LogP) is 3.34. The second-order valence-corrected chi connectivity index (χ2v) is 5.61. The van der Waals surface area contributed by atoms with Crippen molar-refractivity contribution < 1.29 is 0 Å². The maximum Gasteiger partial charge on any atom is 0.126 e. The first-order valence-corrected chi connectivity index (χ1v) is 6.99. The third-order valence-electron chi connectivity index (χ3n) is 3.06. The van der Waals surface area contributed by atoms with Crippen LogP contribution in [-0.4, -0.2) is 9.97 Å². The summed E-state index contributed by atoms with van der Waals surface area (Å²) in [4.78, 5) is 9.57. The number of hydrogen-bond donors (Lipinski definition) is 2. The first-order valence-electron chi connectivity index (χ1n) is 6.17. The molecule has 1 aromatic carbocycles. The summed E-state index contributed by atoms with van der Waals surface area (Å²) in [7, 11) is 0. The summed E-state index contributed by atoms with van der Waals surface area (Å²) in [6.45, 7) is 2.00. The van der Waals surface area contributed by atoms with Gasteiger partial charge in [0.15, 0.2) is 0 Å². The lowest BCUT2D eigenvalue weighted by Gasteiger charge is -2.07. The number of rotatable bonds is 2. The Labute approximate surface area is 121 Å². The number of anilines is 2. The van der Waals surface area contributed by atoms with E-state index in [9.17, 15) is 0 Å². The Bertz CT molecular complexity index is 750. The Morgan fingerprint density at radius 1 is 1.10 bits per heavy atom. The van der Waals surface area contributed by atoms with Crippen LogP contribution in [0.3, 0.4) is 0 Å². The lowest BCUT2D eigenvalue weighted by molar-refractivity contribution is 1.33. The number of pyridine rings is 1. The Morgan fingerprint density at radius 2 is 1.85 bits per heavy atom. The Hall–Kier alpha value is -2.40. The van der Waals surface area contributed by atoms with Crippen LogP contribution in [0.5, 0.6) is 0 Å². The molecule has 0 amide bonds. The normalized spacial score (nSPS) is 10.7. The van der Waals surface area contributed by atoms with Gasteiger partial charge in [0.2, 0.25) is 0 Å². The first-order chi connectivity index (χ1) is 9.65. The van der Waals surface area contributed by atoms with Crippen molar-refractivity contribution >= 4 is 22.7 Å². The second kappa shape index (κ2) is 4.94. The van der Waals surface area contributed by atoms with Gasteiger partial charge in [-0.3, -0.25) is 4.98 Å². The van der Waals surface area contributed by atoms with Crippen molar-refractivity contribution in [3.8, 4) is 21.0 Å². The van der Waals surface area contributed by atoms with E-state index in [-0.39, 0.29) is 0 Å². The highest BCUT2D eigenvalue weighted by molar-refractivity contribution is 7.18. The molecule has 0 saturated carbocycles. The maximum atomic E-state index is 6.06. The third-order valence-corrected chi connectivity index (χ3v) is 4.14. The molecule has 2 heterocycles. The molecule has 0 radical (unpaired) electrons. The molecule has 0 fully saturated rings. The standard InChI is InChI=1S/C15H14N4S/c1-9-6-11(14(17)12(16)7-9)15-19-8-13(20-15)10-2-4-18-5-3-10/h2-8H,16-17H2,1H3. The summed E-state index contributed by atoms with van der Waals surface area (Å²) in [5.41, 5.74) is 16.2. The molecule has 0 saturated heterocycles. The van der Waals surface area contributed by atoms with Crippen molar-refractivity contribution in [1.82, 2.24) is 9.97 Å². The molecule has 0 atom stereocenters. The molecule has 0 aliphatic rings. The zero-order valence-electron chi connectivity index (χ0n) is 11.0. The molecule has 0 aliphatic carbocycles. The molecule has 0 aliphatic heterocycles. The van der Waals surface area contributed by atoms with Crippen LogP contribution in [0.1, 0.15) is 5.56 Å². The fraction of sp³-hybridized carbons (Fsp3) is 0.0667. The molecule has 20 heavy (non-hydrogen) atoms. The highest BCUT2D eigenvalue weighted by atomic mass is 32.1. The SMILES string of the molecule is Cc1cc(N)c(N)c(-c2ncc(-c3ccncc3)s2)c1. The van der Waals surface area contributed by atoms with Gasteiger partial charge < -0.3 is 11.5 Å². The minimum Gasteiger partial charge on any atom is -0.397 e. The zero-order valence-corrected chi connectivity index (χ0v) is 11.8. The summed E-state index contributed by atoms with van der Waals surface area (Å²) >= 11 is 1.60. The molecule has 0 spiro atoms. The van der Waals surface area contributed by atoms with Crippen LogP contribution in [0.2, 0.25) is 0 Å². The number of nitrogens with zero attached hydrogens (tertiary/aromatic N) is 2. The van der Waals surface area contributed by atoms with Gasteiger partial charge in [0.25, 0.3) is 0 Å². The summed E-state index contributed by atoms with van der Waals surface area (Å²) < 4.78 is 0. The van der Waals surface area contributed by atoms with Gasteiger partial charge in [0, 0.05) is 24.2 Å². The fourth-order valence-electron chi connectivity index (χ4n) is 2.05. The number of benzene rings is 1. The van der Waals surface area contributed by atoms with E-state index < -0.39 is 0 Å². The lowest BCUT2D eigenvalue weighted by Crippen LogP contribution is -1.97. The Morgan fingerprint density at radius 3 is 2.60 bits per heavy atom. The smallest absolute Gasteiger partial charge is 0.126 e. The number of nitrogens with two attached hydrogens (primary N) is 2. The van der Waals surface area contributed by atoms with E-state index in [0.717, 1.165) is 26.6 Å². The number of aryl methyl sites for hydroxylation is 1. The first kappa shape index (κ1) is 12.6. The highest BCUT2D eigenvalue weighted by Crippen LogP contribution is 2.37. The lowest BCUT2D eigenvalue weighted by atomic mass is 10.1. The average molecular weight is 282 g/mol. The number of aromatic nitrogens is 2. The van der Waals surface area contributed by atoms with Crippen molar-refractivity contribution in [3.05, 3.63) is 48.4 Å². The van der Waals surface area contributed by atoms with Crippen molar-refractivity contribution in [2.45, 2.75) is 6.92 Å². The minimum absolute atomic E-state index is 0.589. The van der Waals surface area contributed by atoms with Crippen LogP contribution < -0.4 is 11.5 Å². The van der Waals surface area contributed by atoms with Crippen LogP contribution in [0.25, 0.3) is 21.0 Å². The number of thiazole rings is 1. The molecule has 0 unspecified atom stereocenters. The molecule has 5 heteroatoms. The van der Waals surface area contributed by atoms with Crippen LogP contribution in [0.4, 0.5) is 11.4 Å². The van der Waals surface area contributed by atoms with Gasteiger partial charge in [-0.25, -0.2) is 4.98 Å². The third kappa shape index (κ3) is 2.23. The molecule has 3 rings (SSSR count). The van der Waals surface area contributed by atoms with Crippen LogP contribution in [-0.2, 0) is 0 Å². The highest BCUT2D eigenvalue weighted by Gasteiger charge is 2.11. The second-order valence-electron chi connectivity index (χ2n) is 4.58.